The number of pyridine rings is 1. The van der Waals surface area contributed by atoms with Gasteiger partial charge in [-0.1, -0.05) is 11.6 Å². The molecule has 0 fully saturated rings. The van der Waals surface area contributed by atoms with Gasteiger partial charge in [0.15, 0.2) is 11.5 Å². The van der Waals surface area contributed by atoms with E-state index in [9.17, 15) is 0 Å². The minimum absolute atomic E-state index is 0.288. The van der Waals surface area contributed by atoms with Crippen molar-refractivity contribution in [1.82, 2.24) is 4.98 Å². The summed E-state index contributed by atoms with van der Waals surface area (Å²) >= 11 is 5.83. The van der Waals surface area contributed by atoms with Crippen molar-refractivity contribution in [3.05, 3.63) is 16.9 Å². The fourth-order valence-electron chi connectivity index (χ4n) is 1.04. The zero-order chi connectivity index (χ0) is 9.84. The van der Waals surface area contributed by atoms with Crippen LogP contribution in [0.15, 0.2) is 6.20 Å². The molecule has 0 amide bonds. The predicted molar refractivity (Wildman–Crippen MR) is 50.2 cm³/mol. The molecule has 0 atom stereocenters. The molecule has 0 saturated heterocycles. The number of nitrogens with two attached hydrogens (primary N) is 1. The van der Waals surface area contributed by atoms with E-state index in [1.54, 1.807) is 0 Å². The van der Waals surface area contributed by atoms with Gasteiger partial charge in [0.05, 0.1) is 19.9 Å². The van der Waals surface area contributed by atoms with Crippen LogP contribution < -0.4 is 15.2 Å². The van der Waals surface area contributed by atoms with E-state index in [1.165, 1.54) is 20.4 Å². The molecule has 0 aliphatic carbocycles. The molecule has 0 bridgehead atoms. The Morgan fingerprint density at radius 2 is 2.00 bits per heavy atom. The Morgan fingerprint density at radius 3 is 2.46 bits per heavy atom. The molecule has 1 aromatic heterocycles. The van der Waals surface area contributed by atoms with Crippen LogP contribution in [-0.4, -0.2) is 19.2 Å². The number of hydrogen-bond acceptors (Lipinski definition) is 4. The largest absolute Gasteiger partial charge is 0.491 e. The summed E-state index contributed by atoms with van der Waals surface area (Å²) in [5.41, 5.74) is 6.09. The fraction of sp³-hybridized carbons (Fsp3) is 0.375. The number of aromatic nitrogens is 1. The van der Waals surface area contributed by atoms with Gasteiger partial charge >= 0.3 is 0 Å². The van der Waals surface area contributed by atoms with Gasteiger partial charge in [0.2, 0.25) is 0 Å². The molecule has 1 rings (SSSR count). The topological polar surface area (TPSA) is 57.4 Å². The van der Waals surface area contributed by atoms with Crippen LogP contribution in [0.1, 0.15) is 5.69 Å². The van der Waals surface area contributed by atoms with Gasteiger partial charge in [0.1, 0.15) is 5.02 Å². The molecule has 0 spiro atoms. The van der Waals surface area contributed by atoms with Gasteiger partial charge in [-0.2, -0.15) is 0 Å². The monoisotopic (exact) mass is 202 g/mol. The number of nitrogens with zero attached hydrogens (tertiary/aromatic N) is 1. The van der Waals surface area contributed by atoms with E-state index in [0.29, 0.717) is 22.2 Å². The summed E-state index contributed by atoms with van der Waals surface area (Å²) < 4.78 is 10.1. The first-order valence-electron chi connectivity index (χ1n) is 3.70. The first-order valence-corrected chi connectivity index (χ1v) is 4.07. The van der Waals surface area contributed by atoms with Crippen LogP contribution in [0.4, 0.5) is 0 Å². The maximum absolute atomic E-state index is 5.83. The molecular weight excluding hydrogens is 192 g/mol. The van der Waals surface area contributed by atoms with Crippen molar-refractivity contribution in [3.8, 4) is 11.5 Å². The van der Waals surface area contributed by atoms with Gasteiger partial charge in [-0.3, -0.25) is 4.98 Å². The lowest BCUT2D eigenvalue weighted by atomic mass is 10.3. The Hall–Kier alpha value is -1.00. The molecule has 0 saturated carbocycles. The molecule has 1 heterocycles. The van der Waals surface area contributed by atoms with E-state index in [2.05, 4.69) is 4.98 Å². The third-order valence-electron chi connectivity index (χ3n) is 1.62. The molecule has 0 radical (unpaired) electrons. The van der Waals surface area contributed by atoms with E-state index in [1.807, 2.05) is 0 Å². The minimum atomic E-state index is 0.288. The molecule has 5 heteroatoms. The fourth-order valence-corrected chi connectivity index (χ4v) is 1.25. The van der Waals surface area contributed by atoms with Crippen LogP contribution in [-0.2, 0) is 6.54 Å². The van der Waals surface area contributed by atoms with Gasteiger partial charge in [0.25, 0.3) is 0 Å². The summed E-state index contributed by atoms with van der Waals surface area (Å²) in [6.45, 7) is 0.288. The second-order valence-electron chi connectivity index (χ2n) is 2.32. The lowest BCUT2D eigenvalue weighted by Gasteiger charge is -2.11. The maximum atomic E-state index is 5.83. The minimum Gasteiger partial charge on any atom is -0.491 e. The Bertz CT molecular complexity index is 304. The molecular formula is C8H11ClN2O2. The van der Waals surface area contributed by atoms with Gasteiger partial charge < -0.3 is 15.2 Å². The normalized spacial score (nSPS) is 9.85. The number of rotatable bonds is 3. The van der Waals surface area contributed by atoms with E-state index >= 15 is 0 Å². The lowest BCUT2D eigenvalue weighted by molar-refractivity contribution is 0.349. The standard InChI is InChI=1S/C8H11ClN2O2/c1-12-7-5(9)4-11-6(3-10)8(7)13-2/h4H,3,10H2,1-2H3. The zero-order valence-corrected chi connectivity index (χ0v) is 8.26. The Balaban J connectivity index is 3.27. The summed E-state index contributed by atoms with van der Waals surface area (Å²) in [4.78, 5) is 4.01. The third-order valence-corrected chi connectivity index (χ3v) is 1.89. The van der Waals surface area contributed by atoms with Crippen molar-refractivity contribution in [2.75, 3.05) is 14.2 Å². The highest BCUT2D eigenvalue weighted by Crippen LogP contribution is 2.35. The lowest BCUT2D eigenvalue weighted by Crippen LogP contribution is -2.04. The average molecular weight is 203 g/mol. The molecule has 4 nitrogen and oxygen atoms in total. The molecule has 0 unspecified atom stereocenters. The van der Waals surface area contributed by atoms with E-state index in [4.69, 9.17) is 26.8 Å². The van der Waals surface area contributed by atoms with E-state index in [-0.39, 0.29) is 6.54 Å². The van der Waals surface area contributed by atoms with E-state index < -0.39 is 0 Å². The number of halogens is 1. The summed E-state index contributed by atoms with van der Waals surface area (Å²) in [6.07, 6.45) is 1.49. The number of methoxy groups -OCH3 is 2. The van der Waals surface area contributed by atoms with Crippen molar-refractivity contribution >= 4 is 11.6 Å². The van der Waals surface area contributed by atoms with Crippen molar-refractivity contribution < 1.29 is 9.47 Å². The van der Waals surface area contributed by atoms with Crippen molar-refractivity contribution in [1.29, 1.82) is 0 Å². The third kappa shape index (κ3) is 1.84. The second kappa shape index (κ2) is 4.30. The van der Waals surface area contributed by atoms with Crippen molar-refractivity contribution in [3.63, 3.8) is 0 Å². The smallest absolute Gasteiger partial charge is 0.185 e. The zero-order valence-electron chi connectivity index (χ0n) is 7.50. The van der Waals surface area contributed by atoms with Crippen molar-refractivity contribution in [2.24, 2.45) is 5.73 Å². The molecule has 0 aliphatic rings. The van der Waals surface area contributed by atoms with Crippen LogP contribution in [0.25, 0.3) is 0 Å². The van der Waals surface area contributed by atoms with Gasteiger partial charge in [0, 0.05) is 12.7 Å². The highest BCUT2D eigenvalue weighted by Gasteiger charge is 2.13. The van der Waals surface area contributed by atoms with E-state index in [0.717, 1.165) is 0 Å². The molecule has 13 heavy (non-hydrogen) atoms. The highest BCUT2D eigenvalue weighted by atomic mass is 35.5. The van der Waals surface area contributed by atoms with Crippen LogP contribution in [0.5, 0.6) is 11.5 Å². The molecule has 0 aliphatic heterocycles. The Labute approximate surface area is 81.6 Å². The van der Waals surface area contributed by atoms with Crippen LogP contribution in [0, 0.1) is 0 Å². The van der Waals surface area contributed by atoms with Crippen LogP contribution >= 0.6 is 11.6 Å². The quantitative estimate of drug-likeness (QED) is 0.801. The second-order valence-corrected chi connectivity index (χ2v) is 2.73. The average Bonchev–Trinajstić information content (AvgIpc) is 2.17. The van der Waals surface area contributed by atoms with Crippen LogP contribution in [0.2, 0.25) is 5.02 Å². The van der Waals surface area contributed by atoms with Gasteiger partial charge in [-0.05, 0) is 0 Å². The first-order chi connectivity index (χ1) is 6.24. The molecule has 2 N–H and O–H groups in total. The predicted octanol–water partition coefficient (Wildman–Crippen LogP) is 1.21. The Kier molecular flexibility index (Phi) is 3.33. The summed E-state index contributed by atoms with van der Waals surface area (Å²) in [5.74, 6) is 0.970. The Morgan fingerprint density at radius 1 is 1.38 bits per heavy atom. The maximum Gasteiger partial charge on any atom is 0.185 e. The summed E-state index contributed by atoms with van der Waals surface area (Å²) in [6, 6.07) is 0. The van der Waals surface area contributed by atoms with Crippen molar-refractivity contribution in [2.45, 2.75) is 6.54 Å². The highest BCUT2D eigenvalue weighted by molar-refractivity contribution is 6.32. The summed E-state index contributed by atoms with van der Waals surface area (Å²) in [7, 11) is 3.04. The SMILES string of the molecule is COc1c(Cl)cnc(CN)c1OC. The summed E-state index contributed by atoms with van der Waals surface area (Å²) in [5, 5.41) is 0.413. The molecule has 0 aromatic carbocycles. The number of hydrogen-bond donors (Lipinski definition) is 1. The van der Waals surface area contributed by atoms with Crippen LogP contribution in [0.3, 0.4) is 0 Å². The number of ether oxygens (including phenoxy) is 2. The molecule has 1 aromatic rings. The van der Waals surface area contributed by atoms with Gasteiger partial charge in [-0.15, -0.1) is 0 Å². The first kappa shape index (κ1) is 10.1. The molecule has 72 valence electrons. The van der Waals surface area contributed by atoms with Gasteiger partial charge in [-0.25, -0.2) is 0 Å².